The molecule has 20 heavy (non-hydrogen) atoms. The van der Waals surface area contributed by atoms with Crippen LogP contribution in [0.2, 0.25) is 0 Å². The molecule has 2 amide bonds. The quantitative estimate of drug-likeness (QED) is 0.863. The Morgan fingerprint density at radius 2 is 1.70 bits per heavy atom. The topological polar surface area (TPSA) is 35.6 Å². The van der Waals surface area contributed by atoms with Gasteiger partial charge < -0.3 is 15.1 Å². The summed E-state index contributed by atoms with van der Waals surface area (Å²) in [5, 5.41) is 3.74. The lowest BCUT2D eigenvalue weighted by Gasteiger charge is -2.35. The standard InChI is InChI=1S/C16H31N3O/c1-13-4-6-14(7-5-13)12-17-15-8-10-19(11-9-15)16(20)18(2)3/h13-15,17H,4-12H2,1-3H3. The molecule has 4 heteroatoms. The summed E-state index contributed by atoms with van der Waals surface area (Å²) < 4.78 is 0. The number of urea groups is 1. The Morgan fingerprint density at radius 3 is 2.25 bits per heavy atom. The van der Waals surface area contributed by atoms with Gasteiger partial charge in [-0.05, 0) is 44.1 Å². The molecule has 1 saturated heterocycles. The number of carbonyl (C=O) groups is 1. The predicted molar refractivity (Wildman–Crippen MR) is 82.8 cm³/mol. The first kappa shape index (κ1) is 15.6. The molecular weight excluding hydrogens is 250 g/mol. The van der Waals surface area contributed by atoms with Gasteiger partial charge in [-0.1, -0.05) is 19.8 Å². The highest BCUT2D eigenvalue weighted by atomic mass is 16.2. The minimum Gasteiger partial charge on any atom is -0.331 e. The second-order valence-electron chi connectivity index (χ2n) is 6.97. The van der Waals surface area contributed by atoms with Crippen molar-refractivity contribution < 1.29 is 4.79 Å². The molecule has 4 nitrogen and oxygen atoms in total. The summed E-state index contributed by atoms with van der Waals surface area (Å²) in [6.07, 6.45) is 7.80. The first-order valence-electron chi connectivity index (χ1n) is 8.26. The number of nitrogens with zero attached hydrogens (tertiary/aromatic N) is 2. The predicted octanol–water partition coefficient (Wildman–Crippen LogP) is 2.55. The van der Waals surface area contributed by atoms with Gasteiger partial charge >= 0.3 is 6.03 Å². The fourth-order valence-electron chi connectivity index (χ4n) is 3.42. The Bertz CT molecular complexity index is 303. The molecule has 0 radical (unpaired) electrons. The van der Waals surface area contributed by atoms with Gasteiger partial charge in [-0.25, -0.2) is 4.79 Å². The van der Waals surface area contributed by atoms with Crippen molar-refractivity contribution in [1.29, 1.82) is 0 Å². The molecule has 0 aromatic rings. The molecule has 1 aliphatic carbocycles. The van der Waals surface area contributed by atoms with Crippen molar-refractivity contribution in [3.8, 4) is 0 Å². The van der Waals surface area contributed by atoms with E-state index in [0.29, 0.717) is 6.04 Å². The zero-order valence-corrected chi connectivity index (χ0v) is 13.4. The van der Waals surface area contributed by atoms with Crippen LogP contribution in [0.25, 0.3) is 0 Å². The van der Waals surface area contributed by atoms with E-state index in [1.54, 1.807) is 4.90 Å². The van der Waals surface area contributed by atoms with Crippen molar-refractivity contribution in [3.63, 3.8) is 0 Å². The Hall–Kier alpha value is -0.770. The minimum absolute atomic E-state index is 0.157. The smallest absolute Gasteiger partial charge is 0.319 e. The summed E-state index contributed by atoms with van der Waals surface area (Å²) in [6, 6.07) is 0.769. The van der Waals surface area contributed by atoms with E-state index in [4.69, 9.17) is 0 Å². The van der Waals surface area contributed by atoms with Gasteiger partial charge in [0.15, 0.2) is 0 Å². The zero-order chi connectivity index (χ0) is 14.5. The molecule has 0 aromatic heterocycles. The maximum Gasteiger partial charge on any atom is 0.319 e. The summed E-state index contributed by atoms with van der Waals surface area (Å²) in [4.78, 5) is 15.5. The second-order valence-corrected chi connectivity index (χ2v) is 6.97. The molecule has 0 bridgehead atoms. The van der Waals surface area contributed by atoms with Crippen molar-refractivity contribution in [2.75, 3.05) is 33.7 Å². The third-order valence-electron chi connectivity index (χ3n) is 4.98. The van der Waals surface area contributed by atoms with E-state index in [1.807, 2.05) is 19.0 Å². The van der Waals surface area contributed by atoms with Crippen molar-refractivity contribution in [3.05, 3.63) is 0 Å². The molecule has 2 rings (SSSR count). The van der Waals surface area contributed by atoms with Crippen molar-refractivity contribution >= 4 is 6.03 Å². The highest BCUT2D eigenvalue weighted by Gasteiger charge is 2.24. The van der Waals surface area contributed by atoms with Crippen molar-refractivity contribution in [2.45, 2.75) is 51.5 Å². The normalized spacial score (nSPS) is 28.4. The molecule has 2 aliphatic rings. The fraction of sp³-hybridized carbons (Fsp3) is 0.938. The summed E-state index contributed by atoms with van der Waals surface area (Å²) in [5.41, 5.74) is 0. The summed E-state index contributed by atoms with van der Waals surface area (Å²) in [6.45, 7) is 5.35. The van der Waals surface area contributed by atoms with Crippen LogP contribution in [0, 0.1) is 11.8 Å². The first-order chi connectivity index (χ1) is 9.56. The van der Waals surface area contributed by atoms with Gasteiger partial charge in [-0.15, -0.1) is 0 Å². The van der Waals surface area contributed by atoms with Crippen LogP contribution in [-0.4, -0.2) is 55.6 Å². The lowest BCUT2D eigenvalue weighted by molar-refractivity contribution is 0.150. The van der Waals surface area contributed by atoms with Crippen LogP contribution in [-0.2, 0) is 0 Å². The molecule has 1 saturated carbocycles. The Balaban J connectivity index is 1.63. The number of rotatable bonds is 3. The molecule has 1 heterocycles. The van der Waals surface area contributed by atoms with Gasteiger partial charge in [0.25, 0.3) is 0 Å². The van der Waals surface area contributed by atoms with E-state index >= 15 is 0 Å². The van der Waals surface area contributed by atoms with Crippen molar-refractivity contribution in [1.82, 2.24) is 15.1 Å². The molecule has 0 aromatic carbocycles. The van der Waals surface area contributed by atoms with Gasteiger partial charge in [0.05, 0.1) is 0 Å². The second kappa shape index (κ2) is 7.30. The number of amides is 2. The van der Waals surface area contributed by atoms with Gasteiger partial charge in [0.1, 0.15) is 0 Å². The van der Waals surface area contributed by atoms with Crippen LogP contribution in [0.5, 0.6) is 0 Å². The maximum atomic E-state index is 11.9. The van der Waals surface area contributed by atoms with Crippen LogP contribution < -0.4 is 5.32 Å². The highest BCUT2D eigenvalue weighted by Crippen LogP contribution is 2.28. The zero-order valence-electron chi connectivity index (χ0n) is 13.4. The fourth-order valence-corrected chi connectivity index (χ4v) is 3.42. The number of hydrogen-bond donors (Lipinski definition) is 1. The van der Waals surface area contributed by atoms with E-state index in [1.165, 1.54) is 32.2 Å². The lowest BCUT2D eigenvalue weighted by atomic mass is 9.83. The van der Waals surface area contributed by atoms with Crippen LogP contribution in [0.1, 0.15) is 45.4 Å². The number of nitrogens with one attached hydrogen (secondary N) is 1. The SMILES string of the molecule is CC1CCC(CNC2CCN(C(=O)N(C)C)CC2)CC1. The van der Waals surface area contributed by atoms with E-state index in [0.717, 1.165) is 37.8 Å². The van der Waals surface area contributed by atoms with Gasteiger partial charge in [0, 0.05) is 33.2 Å². The third kappa shape index (κ3) is 4.37. The Morgan fingerprint density at radius 1 is 1.10 bits per heavy atom. The lowest BCUT2D eigenvalue weighted by Crippen LogP contribution is -2.48. The maximum absolute atomic E-state index is 11.9. The number of hydrogen-bond acceptors (Lipinski definition) is 2. The number of piperidine rings is 1. The summed E-state index contributed by atoms with van der Waals surface area (Å²) >= 11 is 0. The Labute approximate surface area is 123 Å². The molecule has 0 spiro atoms. The average Bonchev–Trinajstić information content (AvgIpc) is 2.46. The number of likely N-dealkylation sites (tertiary alicyclic amines) is 1. The van der Waals surface area contributed by atoms with Crippen LogP contribution in [0.4, 0.5) is 4.79 Å². The van der Waals surface area contributed by atoms with Crippen LogP contribution in [0.15, 0.2) is 0 Å². The monoisotopic (exact) mass is 281 g/mol. The molecule has 1 N–H and O–H groups in total. The van der Waals surface area contributed by atoms with Gasteiger partial charge in [0.2, 0.25) is 0 Å². The average molecular weight is 281 g/mol. The van der Waals surface area contributed by atoms with Gasteiger partial charge in [-0.3, -0.25) is 0 Å². The minimum atomic E-state index is 0.157. The van der Waals surface area contributed by atoms with Crippen LogP contribution >= 0.6 is 0 Å². The van der Waals surface area contributed by atoms with E-state index in [-0.39, 0.29) is 6.03 Å². The van der Waals surface area contributed by atoms with Crippen LogP contribution in [0.3, 0.4) is 0 Å². The highest BCUT2D eigenvalue weighted by molar-refractivity contribution is 5.73. The molecule has 2 fully saturated rings. The molecule has 1 aliphatic heterocycles. The van der Waals surface area contributed by atoms with Gasteiger partial charge in [-0.2, -0.15) is 0 Å². The third-order valence-corrected chi connectivity index (χ3v) is 4.98. The molecular formula is C16H31N3O. The first-order valence-corrected chi connectivity index (χ1v) is 8.26. The van der Waals surface area contributed by atoms with E-state index in [2.05, 4.69) is 12.2 Å². The number of carbonyl (C=O) groups excluding carboxylic acids is 1. The summed E-state index contributed by atoms with van der Waals surface area (Å²) in [7, 11) is 3.66. The van der Waals surface area contributed by atoms with E-state index < -0.39 is 0 Å². The van der Waals surface area contributed by atoms with Crippen molar-refractivity contribution in [2.24, 2.45) is 11.8 Å². The van der Waals surface area contributed by atoms with E-state index in [9.17, 15) is 4.79 Å². The molecule has 0 atom stereocenters. The molecule has 0 unspecified atom stereocenters. The largest absolute Gasteiger partial charge is 0.331 e. The molecule has 116 valence electrons. The Kier molecular flexibility index (Phi) is 5.70. The summed E-state index contributed by atoms with van der Waals surface area (Å²) in [5.74, 6) is 1.82.